The number of carbonyl (C=O) groups excluding carboxylic acids is 3. The zero-order chi connectivity index (χ0) is 26.2. The zero-order valence-electron chi connectivity index (χ0n) is 21.7. The molecule has 2 aromatic carbocycles. The van der Waals surface area contributed by atoms with Crippen LogP contribution in [0.4, 0.5) is 16.2 Å². The van der Waals surface area contributed by atoms with Gasteiger partial charge in [-0.15, -0.1) is 0 Å². The van der Waals surface area contributed by atoms with Gasteiger partial charge in [-0.25, -0.2) is 9.59 Å². The summed E-state index contributed by atoms with van der Waals surface area (Å²) in [5.41, 5.74) is 3.51. The Hall–Kier alpha value is -3.55. The first-order valence-electron chi connectivity index (χ1n) is 12.4. The number of esters is 1. The highest BCUT2D eigenvalue weighted by atomic mass is 16.5. The van der Waals surface area contributed by atoms with Crippen molar-refractivity contribution in [2.24, 2.45) is 11.8 Å². The van der Waals surface area contributed by atoms with Crippen LogP contribution in [-0.4, -0.2) is 38.2 Å². The molecule has 0 radical (unpaired) electrons. The van der Waals surface area contributed by atoms with Crippen molar-refractivity contribution in [2.75, 3.05) is 24.9 Å². The number of benzene rings is 2. The highest BCUT2D eigenvalue weighted by molar-refractivity contribution is 6.00. The van der Waals surface area contributed by atoms with E-state index in [1.165, 1.54) is 12.7 Å². The lowest BCUT2D eigenvalue weighted by Gasteiger charge is -2.30. The molecule has 1 atom stereocenters. The number of carbonyl (C=O) groups is 3. The third-order valence-corrected chi connectivity index (χ3v) is 6.76. The Balaban J connectivity index is 1.52. The van der Waals surface area contributed by atoms with Gasteiger partial charge in [0.25, 0.3) is 0 Å². The van der Waals surface area contributed by atoms with Crippen molar-refractivity contribution in [1.29, 1.82) is 0 Å². The second-order valence-electron chi connectivity index (χ2n) is 9.71. The topological polar surface area (TPSA) is 106 Å². The Morgan fingerprint density at radius 3 is 2.17 bits per heavy atom. The summed E-state index contributed by atoms with van der Waals surface area (Å²) in [7, 11) is 2.90. The summed E-state index contributed by atoms with van der Waals surface area (Å²) in [4.78, 5) is 37.2. The molecule has 2 aromatic rings. The normalized spacial score (nSPS) is 18.2. The molecule has 1 fully saturated rings. The maximum absolute atomic E-state index is 12.7. The van der Waals surface area contributed by atoms with Gasteiger partial charge in [-0.3, -0.25) is 4.79 Å². The van der Waals surface area contributed by atoms with E-state index in [9.17, 15) is 14.4 Å². The molecular weight excluding hydrogens is 458 g/mol. The fourth-order valence-electron chi connectivity index (χ4n) is 4.63. The van der Waals surface area contributed by atoms with Crippen LogP contribution in [-0.2, 0) is 14.3 Å². The minimum absolute atomic E-state index is 0.0363. The molecule has 1 saturated carbocycles. The molecule has 3 rings (SSSR count). The number of amides is 3. The largest absolute Gasteiger partial charge is 0.495 e. The molecule has 0 bridgehead atoms. The first-order chi connectivity index (χ1) is 17.2. The molecule has 36 heavy (non-hydrogen) atoms. The van der Waals surface area contributed by atoms with E-state index < -0.39 is 12.0 Å². The lowest BCUT2D eigenvalue weighted by atomic mass is 9.78. The second-order valence-corrected chi connectivity index (χ2v) is 9.71. The summed E-state index contributed by atoms with van der Waals surface area (Å²) in [5.74, 6) is 0.331. The summed E-state index contributed by atoms with van der Waals surface area (Å²) in [6.45, 7) is 5.73. The summed E-state index contributed by atoms with van der Waals surface area (Å²) in [5, 5.41) is 8.57. The van der Waals surface area contributed by atoms with E-state index in [1.807, 2.05) is 63.2 Å². The van der Waals surface area contributed by atoms with Crippen LogP contribution in [0.25, 0.3) is 0 Å². The van der Waals surface area contributed by atoms with Gasteiger partial charge in [0.2, 0.25) is 5.91 Å². The number of rotatable bonds is 8. The second kappa shape index (κ2) is 12.4. The van der Waals surface area contributed by atoms with Crippen molar-refractivity contribution < 1.29 is 23.9 Å². The molecule has 8 nitrogen and oxygen atoms in total. The summed E-state index contributed by atoms with van der Waals surface area (Å²) < 4.78 is 10.1. The van der Waals surface area contributed by atoms with E-state index in [-0.39, 0.29) is 23.8 Å². The number of aryl methyl sites for hydroxylation is 1. The molecule has 3 N–H and O–H groups in total. The summed E-state index contributed by atoms with van der Waals surface area (Å²) in [6, 6.07) is 12.5. The van der Waals surface area contributed by atoms with Gasteiger partial charge in [0, 0.05) is 11.6 Å². The van der Waals surface area contributed by atoms with E-state index in [4.69, 9.17) is 9.47 Å². The maximum atomic E-state index is 12.7. The standard InChI is InChI=1S/C28H37N3O5/c1-17(2)25(27(33)36-5)31-26(32)21-9-7-19(8-10-21)20-11-13-22(14-12-20)29-28(34)30-23-16-18(3)6-15-24(23)35-4/h6,11-17,19,21,25H,7-10H2,1-5H3,(H,31,32)(H2,29,30,34)/t19-,21-,25-/m0/s1. The predicted molar refractivity (Wildman–Crippen MR) is 140 cm³/mol. The Morgan fingerprint density at radius 1 is 0.917 bits per heavy atom. The number of urea groups is 1. The Bertz CT molecular complexity index is 1060. The highest BCUT2D eigenvalue weighted by Crippen LogP contribution is 2.36. The van der Waals surface area contributed by atoms with Crippen molar-refractivity contribution >= 4 is 29.3 Å². The monoisotopic (exact) mass is 495 g/mol. The minimum atomic E-state index is -0.621. The minimum Gasteiger partial charge on any atom is -0.495 e. The number of methoxy groups -OCH3 is 2. The van der Waals surface area contributed by atoms with Crippen molar-refractivity contribution in [2.45, 2.75) is 58.4 Å². The molecule has 8 heteroatoms. The number of ether oxygens (including phenoxy) is 2. The smallest absolute Gasteiger partial charge is 0.328 e. The predicted octanol–water partition coefficient (Wildman–Crippen LogP) is 5.24. The van der Waals surface area contributed by atoms with Gasteiger partial charge in [0.05, 0.1) is 19.9 Å². The fourth-order valence-corrected chi connectivity index (χ4v) is 4.63. The quantitative estimate of drug-likeness (QED) is 0.435. The van der Waals surface area contributed by atoms with Crippen molar-refractivity contribution in [1.82, 2.24) is 5.32 Å². The van der Waals surface area contributed by atoms with Gasteiger partial charge in [-0.2, -0.15) is 0 Å². The van der Waals surface area contributed by atoms with Crippen LogP contribution in [0.5, 0.6) is 5.75 Å². The molecule has 194 valence electrons. The molecule has 1 aliphatic carbocycles. The molecule has 0 saturated heterocycles. The van der Waals surface area contributed by atoms with E-state index in [2.05, 4.69) is 16.0 Å². The van der Waals surface area contributed by atoms with E-state index in [0.717, 1.165) is 31.2 Å². The average Bonchev–Trinajstić information content (AvgIpc) is 2.87. The van der Waals surface area contributed by atoms with Gasteiger partial charge in [0.1, 0.15) is 11.8 Å². The van der Waals surface area contributed by atoms with Crippen LogP contribution in [0.3, 0.4) is 0 Å². The number of hydrogen-bond acceptors (Lipinski definition) is 5. The van der Waals surface area contributed by atoms with Crippen LogP contribution in [0.15, 0.2) is 42.5 Å². The molecule has 0 aromatic heterocycles. The Labute approximate surface area is 213 Å². The lowest BCUT2D eigenvalue weighted by molar-refractivity contribution is -0.147. The summed E-state index contributed by atoms with van der Waals surface area (Å²) >= 11 is 0. The van der Waals surface area contributed by atoms with E-state index in [1.54, 1.807) is 7.11 Å². The van der Waals surface area contributed by atoms with Gasteiger partial charge in [-0.05, 0) is 79.8 Å². The lowest BCUT2D eigenvalue weighted by Crippen LogP contribution is -2.47. The number of hydrogen-bond donors (Lipinski definition) is 3. The zero-order valence-corrected chi connectivity index (χ0v) is 21.7. The summed E-state index contributed by atoms with van der Waals surface area (Å²) in [6.07, 6.45) is 3.32. The molecule has 0 unspecified atom stereocenters. The molecule has 0 heterocycles. The molecule has 3 amide bonds. The molecule has 1 aliphatic rings. The van der Waals surface area contributed by atoms with Crippen molar-refractivity contribution in [3.63, 3.8) is 0 Å². The third kappa shape index (κ3) is 6.99. The van der Waals surface area contributed by atoms with Crippen LogP contribution >= 0.6 is 0 Å². The highest BCUT2D eigenvalue weighted by Gasteiger charge is 2.31. The molecule has 0 aliphatic heterocycles. The van der Waals surface area contributed by atoms with Crippen molar-refractivity contribution in [3.8, 4) is 5.75 Å². The SMILES string of the molecule is COC(=O)[C@@H](NC(=O)[C@H]1CC[C@H](c2ccc(NC(=O)Nc3cc(C)ccc3OC)cc2)CC1)C(C)C. The number of anilines is 2. The third-order valence-electron chi connectivity index (χ3n) is 6.76. The fraction of sp³-hybridized carbons (Fsp3) is 0.464. The Morgan fingerprint density at radius 2 is 1.58 bits per heavy atom. The Kier molecular flexibility index (Phi) is 9.33. The number of nitrogens with one attached hydrogen (secondary N) is 3. The molecule has 0 spiro atoms. The van der Waals surface area contributed by atoms with Gasteiger partial charge < -0.3 is 25.4 Å². The first kappa shape index (κ1) is 27.0. The molecular formula is C28H37N3O5. The van der Waals surface area contributed by atoms with Crippen LogP contribution in [0, 0.1) is 18.8 Å². The van der Waals surface area contributed by atoms with Gasteiger partial charge in [0.15, 0.2) is 0 Å². The average molecular weight is 496 g/mol. The van der Waals surface area contributed by atoms with E-state index in [0.29, 0.717) is 23.0 Å². The van der Waals surface area contributed by atoms with Gasteiger partial charge in [-0.1, -0.05) is 32.0 Å². The van der Waals surface area contributed by atoms with E-state index >= 15 is 0 Å². The van der Waals surface area contributed by atoms with Gasteiger partial charge >= 0.3 is 12.0 Å². The van der Waals surface area contributed by atoms with Crippen LogP contribution in [0.1, 0.15) is 56.6 Å². The van der Waals surface area contributed by atoms with Crippen LogP contribution < -0.4 is 20.7 Å². The first-order valence-corrected chi connectivity index (χ1v) is 12.4. The van der Waals surface area contributed by atoms with Crippen molar-refractivity contribution in [3.05, 3.63) is 53.6 Å². The van der Waals surface area contributed by atoms with Crippen LogP contribution in [0.2, 0.25) is 0 Å². The maximum Gasteiger partial charge on any atom is 0.328 e.